The van der Waals surface area contributed by atoms with Crippen LogP contribution in [-0.2, 0) is 31.5 Å². The highest BCUT2D eigenvalue weighted by atomic mass is 32.2. The van der Waals surface area contributed by atoms with E-state index in [1.807, 2.05) is 0 Å². The minimum Gasteiger partial charge on any atom is -0.433 e. The molecule has 1 aliphatic heterocycles. The Labute approximate surface area is 285 Å². The molecule has 0 spiro atoms. The molecule has 9 rings (SSSR count). The topological polar surface area (TPSA) is 140 Å². The molecule has 3 heterocycles. The lowest BCUT2D eigenvalue weighted by Gasteiger charge is -2.60. The zero-order valence-electron chi connectivity index (χ0n) is 25.4. The average Bonchev–Trinajstić information content (AvgIpc) is 3.28. The summed E-state index contributed by atoms with van der Waals surface area (Å²) in [5, 5.41) is 3.93. The Morgan fingerprint density at radius 1 is 1.00 bits per heavy atom. The van der Waals surface area contributed by atoms with Crippen molar-refractivity contribution in [3.8, 4) is 27.6 Å². The number of hydrogen-bond acceptors (Lipinski definition) is 10. The number of sulfone groups is 1. The van der Waals surface area contributed by atoms with Crippen LogP contribution in [0.25, 0.3) is 21.8 Å². The molecule has 4 aromatic rings. The van der Waals surface area contributed by atoms with Gasteiger partial charge in [0.2, 0.25) is 5.95 Å². The van der Waals surface area contributed by atoms with E-state index in [1.165, 1.54) is 29.7 Å². The zero-order valence-corrected chi connectivity index (χ0v) is 27.9. The third-order valence-electron chi connectivity index (χ3n) is 9.79. The molecule has 19 heteroatoms. The highest BCUT2D eigenvalue weighted by Crippen LogP contribution is 2.66. The smallest absolute Gasteiger partial charge is 0.417 e. The summed E-state index contributed by atoms with van der Waals surface area (Å²) in [5.74, 6) is -1.54. The first-order valence-corrected chi connectivity index (χ1v) is 19.4. The molecule has 2 N–H and O–H groups in total. The minimum absolute atomic E-state index is 0.0381. The van der Waals surface area contributed by atoms with Crippen molar-refractivity contribution in [2.24, 2.45) is 17.8 Å². The molecule has 50 heavy (non-hydrogen) atoms. The van der Waals surface area contributed by atoms with Gasteiger partial charge in [0.15, 0.2) is 15.7 Å². The van der Waals surface area contributed by atoms with Crippen molar-refractivity contribution < 1.29 is 47.9 Å². The van der Waals surface area contributed by atoms with Crippen LogP contribution in [0, 0.1) is 23.6 Å². The van der Waals surface area contributed by atoms with Crippen molar-refractivity contribution in [2.45, 2.75) is 48.4 Å². The molecule has 3 atom stereocenters. The van der Waals surface area contributed by atoms with E-state index in [9.17, 15) is 38.8 Å². The van der Waals surface area contributed by atoms with Crippen molar-refractivity contribution in [2.75, 3.05) is 21.5 Å². The normalized spacial score (nSPS) is 26.1. The number of alkyl halides is 5. The number of fused-ring (bicyclic) bond motifs is 1. The van der Waals surface area contributed by atoms with Gasteiger partial charge in [-0.2, -0.15) is 22.0 Å². The van der Waals surface area contributed by atoms with Gasteiger partial charge < -0.3 is 10.1 Å². The average molecular weight is 758 g/mol. The number of benzene rings is 2. The maximum absolute atomic E-state index is 16.4. The minimum atomic E-state index is -5.37. The Morgan fingerprint density at radius 2 is 1.70 bits per heavy atom. The number of nitrogens with zero attached hydrogens (tertiary/aromatic N) is 3. The first-order valence-electron chi connectivity index (χ1n) is 15.3. The van der Waals surface area contributed by atoms with Gasteiger partial charge in [0.25, 0.3) is 10.0 Å². The van der Waals surface area contributed by atoms with Gasteiger partial charge in [0.05, 0.1) is 39.0 Å². The Balaban J connectivity index is 1.16. The molecule has 2 bridgehead atoms. The maximum atomic E-state index is 16.4. The predicted octanol–water partition coefficient (Wildman–Crippen LogP) is 6.33. The summed E-state index contributed by atoms with van der Waals surface area (Å²) in [6.45, 7) is -3.65. The Bertz CT molecular complexity index is 2230. The molecule has 264 valence electrons. The molecule has 10 nitrogen and oxygen atoms in total. The van der Waals surface area contributed by atoms with Crippen LogP contribution in [0.5, 0.6) is 5.75 Å². The largest absolute Gasteiger partial charge is 0.433 e. The summed E-state index contributed by atoms with van der Waals surface area (Å²) >= 11 is 1.30. The van der Waals surface area contributed by atoms with Crippen LogP contribution in [0.3, 0.4) is 0 Å². The lowest BCUT2D eigenvalue weighted by Crippen LogP contribution is -2.55. The molecule has 1 unspecified atom stereocenters. The van der Waals surface area contributed by atoms with E-state index in [-0.39, 0.29) is 52.0 Å². The molecular weight excluding hydrogens is 733 g/mol. The van der Waals surface area contributed by atoms with Gasteiger partial charge >= 0.3 is 12.8 Å². The molecule has 5 aliphatic rings. The molecule has 0 amide bonds. The van der Waals surface area contributed by atoms with Crippen molar-refractivity contribution in [1.29, 1.82) is 0 Å². The maximum Gasteiger partial charge on any atom is 0.417 e. The van der Waals surface area contributed by atoms with Crippen LogP contribution in [0.2, 0.25) is 0 Å². The van der Waals surface area contributed by atoms with E-state index < -0.39 is 60.4 Å². The summed E-state index contributed by atoms with van der Waals surface area (Å²) in [6.07, 6.45) is -1.07. The summed E-state index contributed by atoms with van der Waals surface area (Å²) in [7, 11) is -8.44. The number of rotatable bonds is 10. The zero-order chi connectivity index (χ0) is 35.4. The molecule has 5 fully saturated rings. The fourth-order valence-corrected chi connectivity index (χ4v) is 12.2. The van der Waals surface area contributed by atoms with Gasteiger partial charge in [-0.25, -0.2) is 36.2 Å². The highest BCUT2D eigenvalue weighted by Gasteiger charge is 2.60. The van der Waals surface area contributed by atoms with E-state index in [4.69, 9.17) is 4.98 Å². The second-order valence-corrected chi connectivity index (χ2v) is 17.8. The van der Waals surface area contributed by atoms with Crippen LogP contribution in [-0.4, -0.2) is 55.9 Å². The standard InChI is InChI=1S/C31H25F6N5O5S3/c32-22-15(3-1-5-19(22)42-50(45,46)26-18(31(35,36)37)4-2-6-21(26)47-28(33)34)24-25(48-27(40-24)30-9-14(10-30)11-30)20-7-8-38-29(39-20)41-23-16-12-49(43,44)13-17(16)23/h1-8,14,16-17,23,28,42H,9-13H2,(H,38,39,41)/t14?,16-,17+,23?,30?. The fraction of sp³-hybridized carbons (Fsp3) is 0.387. The van der Waals surface area contributed by atoms with Crippen molar-refractivity contribution in [3.63, 3.8) is 0 Å². The Morgan fingerprint density at radius 3 is 2.34 bits per heavy atom. The lowest BCUT2D eigenvalue weighted by molar-refractivity contribution is -0.140. The van der Waals surface area contributed by atoms with Crippen LogP contribution < -0.4 is 14.8 Å². The summed E-state index contributed by atoms with van der Waals surface area (Å²) in [4.78, 5) is 12.5. The van der Waals surface area contributed by atoms with E-state index in [0.717, 1.165) is 30.3 Å². The van der Waals surface area contributed by atoms with Crippen LogP contribution in [0.4, 0.5) is 38.0 Å². The van der Waals surface area contributed by atoms with Crippen LogP contribution in [0.1, 0.15) is 29.8 Å². The molecule has 0 radical (unpaired) electrons. The van der Waals surface area contributed by atoms with Gasteiger partial charge in [-0.1, -0.05) is 12.1 Å². The van der Waals surface area contributed by atoms with E-state index in [2.05, 4.69) is 20.0 Å². The number of ether oxygens (including phenoxy) is 1. The number of thiazole rings is 1. The number of aromatic nitrogens is 3. The van der Waals surface area contributed by atoms with Gasteiger partial charge in [-0.05, 0) is 67.3 Å². The molecular formula is C31H25F6N5O5S3. The first kappa shape index (κ1) is 33.2. The highest BCUT2D eigenvalue weighted by molar-refractivity contribution is 7.93. The van der Waals surface area contributed by atoms with Crippen molar-refractivity contribution >= 4 is 42.8 Å². The number of halogens is 6. The number of anilines is 2. The lowest BCUT2D eigenvalue weighted by atomic mass is 9.45. The van der Waals surface area contributed by atoms with Crippen LogP contribution >= 0.6 is 11.3 Å². The number of sulfonamides is 1. The van der Waals surface area contributed by atoms with E-state index >= 15 is 4.39 Å². The third-order valence-corrected chi connectivity index (χ3v) is 14.4. The molecule has 4 saturated carbocycles. The Kier molecular flexibility index (Phi) is 7.48. The van der Waals surface area contributed by atoms with Gasteiger partial charge in [-0.15, -0.1) is 11.3 Å². The first-order chi connectivity index (χ1) is 23.5. The molecule has 2 aromatic carbocycles. The molecule has 2 aromatic heterocycles. The summed E-state index contributed by atoms with van der Waals surface area (Å²) in [5.41, 5.74) is -2.42. The van der Waals surface area contributed by atoms with Crippen molar-refractivity contribution in [1.82, 2.24) is 15.0 Å². The molecule has 4 aliphatic carbocycles. The third kappa shape index (κ3) is 5.66. The summed E-state index contributed by atoms with van der Waals surface area (Å²) in [6, 6.07) is 6.81. The monoisotopic (exact) mass is 757 g/mol. The van der Waals surface area contributed by atoms with Crippen LogP contribution in [0.15, 0.2) is 53.6 Å². The number of hydrogen-bond donors (Lipinski definition) is 2. The SMILES string of the molecule is O=S1(=O)C[C@@H]2C(Nc3nccc(-c4sc(C56CC(C5)C6)nc4-c4cccc(NS(=O)(=O)c5c(OC(F)F)cccc5C(F)(F)F)c4F)n3)[C@@H]2C1. The van der Waals surface area contributed by atoms with Crippen molar-refractivity contribution in [3.05, 3.63) is 65.0 Å². The number of nitrogens with one attached hydrogen (secondary N) is 2. The van der Waals surface area contributed by atoms with Gasteiger partial charge in [-0.3, -0.25) is 4.72 Å². The summed E-state index contributed by atoms with van der Waals surface area (Å²) < 4.78 is 141. The Hall–Kier alpha value is -3.97. The van der Waals surface area contributed by atoms with E-state index in [1.54, 1.807) is 10.8 Å². The second kappa shape index (κ2) is 11.3. The predicted molar refractivity (Wildman–Crippen MR) is 169 cm³/mol. The van der Waals surface area contributed by atoms with Gasteiger partial charge in [0, 0.05) is 23.2 Å². The second-order valence-electron chi connectivity index (χ2n) is 13.1. The quantitative estimate of drug-likeness (QED) is 0.178. The molecule has 1 saturated heterocycles. The van der Waals surface area contributed by atoms with Gasteiger partial charge in [0.1, 0.15) is 15.7 Å². The van der Waals surface area contributed by atoms with E-state index in [0.29, 0.717) is 34.7 Å². The fourth-order valence-electron chi connectivity index (χ4n) is 7.31.